The number of rotatable bonds is 6. The van der Waals surface area contributed by atoms with Crippen molar-refractivity contribution >= 4 is 5.91 Å². The summed E-state index contributed by atoms with van der Waals surface area (Å²) in [5.41, 5.74) is 4.55. The predicted octanol–water partition coefficient (Wildman–Crippen LogP) is 2.39. The standard InChI is InChI=1S/C14H21NO3/c1-10(2)8-18-15-14(16)9-17-13-7-5-6-11(3)12(13)4/h5-7,10H,8-9H2,1-4H3,(H,15,16). The van der Waals surface area contributed by atoms with Crippen molar-refractivity contribution in [2.24, 2.45) is 5.92 Å². The van der Waals surface area contributed by atoms with Gasteiger partial charge in [-0.2, -0.15) is 0 Å². The van der Waals surface area contributed by atoms with Crippen LogP contribution in [0.25, 0.3) is 0 Å². The van der Waals surface area contributed by atoms with Gasteiger partial charge < -0.3 is 4.74 Å². The molecule has 0 saturated carbocycles. The number of carbonyl (C=O) groups is 1. The third-order valence-corrected chi connectivity index (χ3v) is 2.52. The van der Waals surface area contributed by atoms with Gasteiger partial charge in [-0.1, -0.05) is 26.0 Å². The van der Waals surface area contributed by atoms with Gasteiger partial charge in [-0.3, -0.25) is 9.63 Å². The highest BCUT2D eigenvalue weighted by Crippen LogP contribution is 2.20. The normalized spacial score (nSPS) is 10.5. The van der Waals surface area contributed by atoms with Crippen LogP contribution in [-0.4, -0.2) is 19.1 Å². The number of ether oxygens (including phenoxy) is 1. The molecule has 1 aromatic rings. The summed E-state index contributed by atoms with van der Waals surface area (Å²) in [6.45, 7) is 8.46. The first kappa shape index (κ1) is 14.5. The summed E-state index contributed by atoms with van der Waals surface area (Å²) in [7, 11) is 0. The van der Waals surface area contributed by atoms with E-state index in [4.69, 9.17) is 9.57 Å². The van der Waals surface area contributed by atoms with Crippen LogP contribution < -0.4 is 10.2 Å². The maximum absolute atomic E-state index is 11.4. The number of aryl methyl sites for hydroxylation is 1. The Labute approximate surface area is 108 Å². The maximum Gasteiger partial charge on any atom is 0.281 e. The summed E-state index contributed by atoms with van der Waals surface area (Å²) in [5.74, 6) is 0.829. The molecule has 1 amide bonds. The highest BCUT2D eigenvalue weighted by molar-refractivity contribution is 5.76. The Kier molecular flexibility index (Phi) is 5.65. The molecule has 0 bridgehead atoms. The zero-order valence-corrected chi connectivity index (χ0v) is 11.4. The van der Waals surface area contributed by atoms with Gasteiger partial charge in [0.1, 0.15) is 5.75 Å². The Balaban J connectivity index is 2.36. The average Bonchev–Trinajstić information content (AvgIpc) is 2.30. The Bertz CT molecular complexity index is 402. The van der Waals surface area contributed by atoms with Crippen LogP contribution in [0.2, 0.25) is 0 Å². The van der Waals surface area contributed by atoms with E-state index in [-0.39, 0.29) is 12.5 Å². The molecule has 4 nitrogen and oxygen atoms in total. The second kappa shape index (κ2) is 7.01. The molecule has 100 valence electrons. The highest BCUT2D eigenvalue weighted by atomic mass is 16.7. The summed E-state index contributed by atoms with van der Waals surface area (Å²) in [6.07, 6.45) is 0. The number of hydrogen-bond acceptors (Lipinski definition) is 3. The fourth-order valence-corrected chi connectivity index (χ4v) is 1.34. The number of hydroxylamine groups is 1. The minimum atomic E-state index is -0.281. The van der Waals surface area contributed by atoms with E-state index >= 15 is 0 Å². The minimum absolute atomic E-state index is 0.0393. The van der Waals surface area contributed by atoms with E-state index in [1.807, 2.05) is 45.9 Å². The highest BCUT2D eigenvalue weighted by Gasteiger charge is 2.06. The van der Waals surface area contributed by atoms with E-state index in [1.54, 1.807) is 0 Å². The van der Waals surface area contributed by atoms with Crippen LogP contribution in [0.1, 0.15) is 25.0 Å². The summed E-state index contributed by atoms with van der Waals surface area (Å²) in [4.78, 5) is 16.5. The molecule has 0 heterocycles. The van der Waals surface area contributed by atoms with Gasteiger partial charge in [-0.15, -0.1) is 0 Å². The quantitative estimate of drug-likeness (QED) is 0.790. The predicted molar refractivity (Wildman–Crippen MR) is 70.3 cm³/mol. The molecule has 0 unspecified atom stereocenters. The van der Waals surface area contributed by atoms with E-state index < -0.39 is 0 Å². The zero-order valence-electron chi connectivity index (χ0n) is 11.4. The van der Waals surface area contributed by atoms with Crippen LogP contribution in [0.3, 0.4) is 0 Å². The first-order valence-electron chi connectivity index (χ1n) is 6.10. The van der Waals surface area contributed by atoms with Gasteiger partial charge in [0.2, 0.25) is 0 Å². The maximum atomic E-state index is 11.4. The van der Waals surface area contributed by atoms with Crippen molar-refractivity contribution in [3.63, 3.8) is 0 Å². The van der Waals surface area contributed by atoms with Crippen molar-refractivity contribution in [1.29, 1.82) is 0 Å². The first-order chi connectivity index (χ1) is 8.50. The lowest BCUT2D eigenvalue weighted by atomic mass is 10.1. The number of amides is 1. The van der Waals surface area contributed by atoms with Crippen LogP contribution in [0.5, 0.6) is 5.75 Å². The first-order valence-corrected chi connectivity index (χ1v) is 6.10. The number of benzene rings is 1. The molecule has 0 aromatic heterocycles. The number of hydrogen-bond donors (Lipinski definition) is 1. The van der Waals surface area contributed by atoms with Crippen LogP contribution in [-0.2, 0) is 9.63 Å². The second-order valence-corrected chi connectivity index (χ2v) is 4.72. The molecule has 18 heavy (non-hydrogen) atoms. The van der Waals surface area contributed by atoms with E-state index in [0.29, 0.717) is 12.5 Å². The molecule has 0 spiro atoms. The molecule has 0 saturated heterocycles. The van der Waals surface area contributed by atoms with E-state index in [1.165, 1.54) is 0 Å². The van der Waals surface area contributed by atoms with Crippen LogP contribution >= 0.6 is 0 Å². The van der Waals surface area contributed by atoms with Crippen molar-refractivity contribution in [2.45, 2.75) is 27.7 Å². The Hall–Kier alpha value is -1.55. The van der Waals surface area contributed by atoms with E-state index in [9.17, 15) is 4.79 Å². The smallest absolute Gasteiger partial charge is 0.281 e. The van der Waals surface area contributed by atoms with Crippen molar-refractivity contribution in [3.05, 3.63) is 29.3 Å². The summed E-state index contributed by atoms with van der Waals surface area (Å²) < 4.78 is 5.44. The monoisotopic (exact) mass is 251 g/mol. The Morgan fingerprint density at radius 1 is 1.33 bits per heavy atom. The molecule has 0 fully saturated rings. The third kappa shape index (κ3) is 4.75. The second-order valence-electron chi connectivity index (χ2n) is 4.72. The van der Waals surface area contributed by atoms with Gasteiger partial charge in [0.05, 0.1) is 6.61 Å². The van der Waals surface area contributed by atoms with Gasteiger partial charge in [-0.05, 0) is 37.0 Å². The molecule has 0 aliphatic heterocycles. The lowest BCUT2D eigenvalue weighted by molar-refractivity contribution is -0.136. The van der Waals surface area contributed by atoms with Crippen molar-refractivity contribution in [3.8, 4) is 5.75 Å². The summed E-state index contributed by atoms with van der Waals surface area (Å²) in [6, 6.07) is 5.77. The van der Waals surface area contributed by atoms with Gasteiger partial charge in [0.25, 0.3) is 5.91 Å². The van der Waals surface area contributed by atoms with Crippen molar-refractivity contribution in [2.75, 3.05) is 13.2 Å². The molecule has 1 rings (SSSR count). The van der Waals surface area contributed by atoms with E-state index in [0.717, 1.165) is 16.9 Å². The Morgan fingerprint density at radius 2 is 2.06 bits per heavy atom. The summed E-state index contributed by atoms with van der Waals surface area (Å²) >= 11 is 0. The molecule has 0 aliphatic rings. The summed E-state index contributed by atoms with van der Waals surface area (Å²) in [5, 5.41) is 0. The third-order valence-electron chi connectivity index (χ3n) is 2.52. The lowest BCUT2D eigenvalue weighted by Gasteiger charge is -2.11. The van der Waals surface area contributed by atoms with Crippen LogP contribution in [0.4, 0.5) is 0 Å². The average molecular weight is 251 g/mol. The van der Waals surface area contributed by atoms with Crippen LogP contribution in [0.15, 0.2) is 18.2 Å². The molecule has 0 aliphatic carbocycles. The Morgan fingerprint density at radius 3 is 2.72 bits per heavy atom. The van der Waals surface area contributed by atoms with Crippen LogP contribution in [0, 0.1) is 19.8 Å². The molecule has 4 heteroatoms. The molecule has 0 radical (unpaired) electrons. The lowest BCUT2D eigenvalue weighted by Crippen LogP contribution is -2.30. The zero-order chi connectivity index (χ0) is 13.5. The van der Waals surface area contributed by atoms with Gasteiger partial charge in [-0.25, -0.2) is 5.48 Å². The molecule has 1 aromatic carbocycles. The molecule has 1 N–H and O–H groups in total. The fourth-order valence-electron chi connectivity index (χ4n) is 1.34. The number of nitrogens with one attached hydrogen (secondary N) is 1. The fraction of sp³-hybridized carbons (Fsp3) is 0.500. The minimum Gasteiger partial charge on any atom is -0.483 e. The molecule has 0 atom stereocenters. The van der Waals surface area contributed by atoms with Gasteiger partial charge in [0, 0.05) is 0 Å². The largest absolute Gasteiger partial charge is 0.483 e. The molecular formula is C14H21NO3. The van der Waals surface area contributed by atoms with Crippen molar-refractivity contribution in [1.82, 2.24) is 5.48 Å². The van der Waals surface area contributed by atoms with Gasteiger partial charge >= 0.3 is 0 Å². The number of carbonyl (C=O) groups excluding carboxylic acids is 1. The van der Waals surface area contributed by atoms with E-state index in [2.05, 4.69) is 5.48 Å². The topological polar surface area (TPSA) is 47.6 Å². The van der Waals surface area contributed by atoms with Crippen molar-refractivity contribution < 1.29 is 14.4 Å². The SMILES string of the molecule is Cc1cccc(OCC(=O)NOCC(C)C)c1C. The molecular weight excluding hydrogens is 230 g/mol. The van der Waals surface area contributed by atoms with Gasteiger partial charge in [0.15, 0.2) is 6.61 Å².